The summed E-state index contributed by atoms with van der Waals surface area (Å²) < 4.78 is 0. The van der Waals surface area contributed by atoms with Gasteiger partial charge in [-0.1, -0.05) is 6.07 Å². The minimum absolute atomic E-state index is 0.0960. The standard InChI is InChI=1S/C13H19N3O/c1-10-2-3-11(8-15-10)9-16-13(17)6-7-14-12-4-5-12/h2-3,8,12,14H,4-7,9H2,1H3,(H,16,17). The van der Waals surface area contributed by atoms with Crippen LogP contribution in [0.5, 0.6) is 0 Å². The molecule has 4 nitrogen and oxygen atoms in total. The molecule has 0 aromatic carbocycles. The maximum Gasteiger partial charge on any atom is 0.221 e. The summed E-state index contributed by atoms with van der Waals surface area (Å²) in [7, 11) is 0. The Hall–Kier alpha value is -1.42. The first-order valence-corrected chi connectivity index (χ1v) is 6.15. The van der Waals surface area contributed by atoms with E-state index in [9.17, 15) is 4.79 Å². The number of nitrogens with one attached hydrogen (secondary N) is 2. The van der Waals surface area contributed by atoms with Gasteiger partial charge in [-0.05, 0) is 31.4 Å². The topological polar surface area (TPSA) is 54.0 Å². The molecule has 0 bridgehead atoms. The summed E-state index contributed by atoms with van der Waals surface area (Å²) >= 11 is 0. The third kappa shape index (κ3) is 4.53. The number of carbonyl (C=O) groups excluding carboxylic acids is 1. The van der Waals surface area contributed by atoms with Crippen LogP contribution in [0.3, 0.4) is 0 Å². The second kappa shape index (κ2) is 5.77. The van der Waals surface area contributed by atoms with Crippen LogP contribution >= 0.6 is 0 Å². The first kappa shape index (κ1) is 12.0. The Morgan fingerprint density at radius 2 is 2.29 bits per heavy atom. The zero-order chi connectivity index (χ0) is 12.1. The predicted molar refractivity (Wildman–Crippen MR) is 66.5 cm³/mol. The highest BCUT2D eigenvalue weighted by atomic mass is 16.1. The Morgan fingerprint density at radius 1 is 1.47 bits per heavy atom. The van der Waals surface area contributed by atoms with Gasteiger partial charge in [0.15, 0.2) is 0 Å². The predicted octanol–water partition coefficient (Wildman–Crippen LogP) is 1.15. The highest BCUT2D eigenvalue weighted by Gasteiger charge is 2.19. The van der Waals surface area contributed by atoms with Gasteiger partial charge in [-0.25, -0.2) is 0 Å². The van der Waals surface area contributed by atoms with Gasteiger partial charge >= 0.3 is 0 Å². The molecule has 1 aromatic heterocycles. The number of carbonyl (C=O) groups is 1. The molecular formula is C13H19N3O. The summed E-state index contributed by atoms with van der Waals surface area (Å²) in [6, 6.07) is 4.62. The molecule has 1 aliphatic carbocycles. The summed E-state index contributed by atoms with van der Waals surface area (Å²) in [5, 5.41) is 6.21. The van der Waals surface area contributed by atoms with Crippen LogP contribution in [0.2, 0.25) is 0 Å². The normalized spacial score (nSPS) is 14.6. The number of pyridine rings is 1. The van der Waals surface area contributed by atoms with E-state index >= 15 is 0 Å². The van der Waals surface area contributed by atoms with Crippen molar-refractivity contribution in [2.24, 2.45) is 0 Å². The van der Waals surface area contributed by atoms with Crippen molar-refractivity contribution in [3.05, 3.63) is 29.6 Å². The van der Waals surface area contributed by atoms with Gasteiger partial charge in [0.2, 0.25) is 5.91 Å². The van der Waals surface area contributed by atoms with Crippen molar-refractivity contribution in [2.75, 3.05) is 6.54 Å². The third-order valence-electron chi connectivity index (χ3n) is 2.82. The molecule has 0 radical (unpaired) electrons. The first-order chi connectivity index (χ1) is 8.24. The Labute approximate surface area is 102 Å². The van der Waals surface area contributed by atoms with E-state index in [1.54, 1.807) is 6.20 Å². The number of hydrogen-bond donors (Lipinski definition) is 2. The Bertz CT molecular complexity index is 371. The maximum atomic E-state index is 11.5. The summed E-state index contributed by atoms with van der Waals surface area (Å²) in [5.74, 6) is 0.0960. The van der Waals surface area contributed by atoms with Crippen LogP contribution < -0.4 is 10.6 Å². The van der Waals surface area contributed by atoms with E-state index in [0.717, 1.165) is 17.8 Å². The number of hydrogen-bond acceptors (Lipinski definition) is 3. The fourth-order valence-corrected chi connectivity index (χ4v) is 1.57. The summed E-state index contributed by atoms with van der Waals surface area (Å²) in [5.41, 5.74) is 2.04. The second-order valence-electron chi connectivity index (χ2n) is 4.56. The highest BCUT2D eigenvalue weighted by Crippen LogP contribution is 2.18. The summed E-state index contributed by atoms with van der Waals surface area (Å²) in [6.07, 6.45) is 4.88. The van der Waals surface area contributed by atoms with Crippen molar-refractivity contribution in [1.82, 2.24) is 15.6 Å². The SMILES string of the molecule is Cc1ccc(CNC(=O)CCNC2CC2)cn1. The fourth-order valence-electron chi connectivity index (χ4n) is 1.57. The number of rotatable bonds is 6. The van der Waals surface area contributed by atoms with Gasteiger partial charge in [-0.2, -0.15) is 0 Å². The molecule has 1 heterocycles. The van der Waals surface area contributed by atoms with Crippen molar-refractivity contribution in [2.45, 2.75) is 38.8 Å². The van der Waals surface area contributed by atoms with E-state index in [4.69, 9.17) is 0 Å². The van der Waals surface area contributed by atoms with E-state index in [1.807, 2.05) is 19.1 Å². The average Bonchev–Trinajstić information content (AvgIpc) is 3.12. The molecule has 0 spiro atoms. The maximum absolute atomic E-state index is 11.5. The molecule has 1 aliphatic rings. The Morgan fingerprint density at radius 3 is 2.94 bits per heavy atom. The van der Waals surface area contributed by atoms with Crippen LogP contribution in [-0.4, -0.2) is 23.5 Å². The van der Waals surface area contributed by atoms with E-state index in [0.29, 0.717) is 19.0 Å². The minimum atomic E-state index is 0.0960. The van der Waals surface area contributed by atoms with Crippen LogP contribution in [0.1, 0.15) is 30.5 Å². The van der Waals surface area contributed by atoms with Gasteiger partial charge in [0, 0.05) is 37.4 Å². The lowest BCUT2D eigenvalue weighted by Gasteiger charge is -2.06. The molecular weight excluding hydrogens is 214 g/mol. The minimum Gasteiger partial charge on any atom is -0.352 e. The van der Waals surface area contributed by atoms with Crippen LogP contribution in [0.15, 0.2) is 18.3 Å². The van der Waals surface area contributed by atoms with Crippen molar-refractivity contribution in [3.8, 4) is 0 Å². The smallest absolute Gasteiger partial charge is 0.221 e. The lowest BCUT2D eigenvalue weighted by atomic mass is 10.2. The zero-order valence-electron chi connectivity index (χ0n) is 10.2. The van der Waals surface area contributed by atoms with Gasteiger partial charge in [-0.15, -0.1) is 0 Å². The van der Waals surface area contributed by atoms with Crippen LogP contribution in [0, 0.1) is 6.92 Å². The molecule has 0 saturated heterocycles. The van der Waals surface area contributed by atoms with Gasteiger partial charge in [0.05, 0.1) is 0 Å². The number of amides is 1. The summed E-state index contributed by atoms with van der Waals surface area (Å²) in [6.45, 7) is 3.30. The van der Waals surface area contributed by atoms with Gasteiger partial charge in [0.25, 0.3) is 0 Å². The summed E-state index contributed by atoms with van der Waals surface area (Å²) in [4.78, 5) is 15.7. The number of aromatic nitrogens is 1. The van der Waals surface area contributed by atoms with Crippen molar-refractivity contribution in [3.63, 3.8) is 0 Å². The largest absolute Gasteiger partial charge is 0.352 e. The van der Waals surface area contributed by atoms with E-state index in [2.05, 4.69) is 15.6 Å². The fraction of sp³-hybridized carbons (Fsp3) is 0.538. The molecule has 1 amide bonds. The average molecular weight is 233 g/mol. The molecule has 1 saturated carbocycles. The molecule has 1 aromatic rings. The van der Waals surface area contributed by atoms with Gasteiger partial charge < -0.3 is 10.6 Å². The highest BCUT2D eigenvalue weighted by molar-refractivity contribution is 5.76. The second-order valence-corrected chi connectivity index (χ2v) is 4.56. The molecule has 0 aliphatic heterocycles. The van der Waals surface area contributed by atoms with Crippen LogP contribution in [0.4, 0.5) is 0 Å². The first-order valence-electron chi connectivity index (χ1n) is 6.15. The van der Waals surface area contributed by atoms with E-state index < -0.39 is 0 Å². The van der Waals surface area contributed by atoms with Gasteiger partial charge in [-0.3, -0.25) is 9.78 Å². The molecule has 4 heteroatoms. The molecule has 0 unspecified atom stereocenters. The molecule has 2 rings (SSSR count). The lowest BCUT2D eigenvalue weighted by Crippen LogP contribution is -2.28. The van der Waals surface area contributed by atoms with Crippen LogP contribution in [0.25, 0.3) is 0 Å². The quantitative estimate of drug-likeness (QED) is 0.775. The van der Waals surface area contributed by atoms with Crippen LogP contribution in [-0.2, 0) is 11.3 Å². The van der Waals surface area contributed by atoms with Crippen molar-refractivity contribution >= 4 is 5.91 Å². The molecule has 2 N–H and O–H groups in total. The Balaban J connectivity index is 1.62. The monoisotopic (exact) mass is 233 g/mol. The molecule has 17 heavy (non-hydrogen) atoms. The Kier molecular flexibility index (Phi) is 4.09. The number of nitrogens with zero attached hydrogens (tertiary/aromatic N) is 1. The molecule has 92 valence electrons. The molecule has 0 atom stereocenters. The third-order valence-corrected chi connectivity index (χ3v) is 2.82. The van der Waals surface area contributed by atoms with Crippen molar-refractivity contribution < 1.29 is 4.79 Å². The van der Waals surface area contributed by atoms with Crippen molar-refractivity contribution in [1.29, 1.82) is 0 Å². The van der Waals surface area contributed by atoms with E-state index in [1.165, 1.54) is 12.8 Å². The molecule has 1 fully saturated rings. The van der Waals surface area contributed by atoms with Gasteiger partial charge in [0.1, 0.15) is 0 Å². The zero-order valence-corrected chi connectivity index (χ0v) is 10.2. The van der Waals surface area contributed by atoms with E-state index in [-0.39, 0.29) is 5.91 Å². The number of aryl methyl sites for hydroxylation is 1. The lowest BCUT2D eigenvalue weighted by molar-refractivity contribution is -0.121.